The zero-order valence-electron chi connectivity index (χ0n) is 17.2. The summed E-state index contributed by atoms with van der Waals surface area (Å²) in [5.74, 6) is 0.159. The van der Waals surface area contributed by atoms with Gasteiger partial charge in [0.05, 0.1) is 0 Å². The van der Waals surface area contributed by atoms with E-state index in [1.165, 1.54) is 5.56 Å². The number of nitrogens with one attached hydrogen (secondary N) is 2. The van der Waals surface area contributed by atoms with Gasteiger partial charge in [0.15, 0.2) is 6.10 Å². The maximum absolute atomic E-state index is 12.3. The molecule has 0 saturated heterocycles. The van der Waals surface area contributed by atoms with Gasteiger partial charge in [0, 0.05) is 17.8 Å². The van der Waals surface area contributed by atoms with Crippen LogP contribution in [0.4, 0.5) is 5.69 Å². The number of benzene rings is 3. The van der Waals surface area contributed by atoms with E-state index in [0.717, 1.165) is 17.7 Å². The van der Waals surface area contributed by atoms with Crippen molar-refractivity contribution in [2.75, 3.05) is 11.9 Å². The molecule has 2 N–H and O–H groups in total. The van der Waals surface area contributed by atoms with Crippen molar-refractivity contribution in [2.24, 2.45) is 0 Å². The van der Waals surface area contributed by atoms with Crippen LogP contribution in [-0.4, -0.2) is 24.5 Å². The number of aryl methyl sites for hydroxylation is 1. The van der Waals surface area contributed by atoms with Crippen LogP contribution in [0, 0.1) is 6.92 Å². The highest BCUT2D eigenvalue weighted by Gasteiger charge is 2.15. The van der Waals surface area contributed by atoms with Gasteiger partial charge < -0.3 is 15.4 Å². The van der Waals surface area contributed by atoms with Crippen LogP contribution in [0.5, 0.6) is 5.75 Å². The summed E-state index contributed by atoms with van der Waals surface area (Å²) in [5.41, 5.74) is 3.58. The van der Waals surface area contributed by atoms with E-state index in [0.29, 0.717) is 17.9 Å². The standard InChI is InChI=1S/C25H26N2O3/c1-18-8-12-22(13-9-18)27-24(28)19(2)30-23-14-10-21(11-15-23)25(29)26-17-16-20-6-4-3-5-7-20/h3-15,19H,16-17H2,1-2H3,(H,26,29)(H,27,28)/t19-/m1/s1. The highest BCUT2D eigenvalue weighted by atomic mass is 16.5. The summed E-state index contributed by atoms with van der Waals surface area (Å²) in [6.45, 7) is 4.25. The Balaban J connectivity index is 1.47. The van der Waals surface area contributed by atoms with Crippen molar-refractivity contribution in [3.05, 3.63) is 95.6 Å². The van der Waals surface area contributed by atoms with Gasteiger partial charge in [-0.1, -0.05) is 48.0 Å². The summed E-state index contributed by atoms with van der Waals surface area (Å²) in [4.78, 5) is 24.6. The zero-order valence-corrected chi connectivity index (χ0v) is 17.2. The lowest BCUT2D eigenvalue weighted by Crippen LogP contribution is -2.30. The molecule has 0 unspecified atom stereocenters. The van der Waals surface area contributed by atoms with Crippen LogP contribution in [0.2, 0.25) is 0 Å². The lowest BCUT2D eigenvalue weighted by molar-refractivity contribution is -0.122. The minimum Gasteiger partial charge on any atom is -0.481 e. The summed E-state index contributed by atoms with van der Waals surface area (Å²) in [6.07, 6.45) is 0.110. The lowest BCUT2D eigenvalue weighted by atomic mass is 10.1. The molecule has 0 saturated carbocycles. The molecule has 154 valence electrons. The van der Waals surface area contributed by atoms with E-state index in [9.17, 15) is 9.59 Å². The lowest BCUT2D eigenvalue weighted by Gasteiger charge is -2.15. The van der Waals surface area contributed by atoms with Gasteiger partial charge in [-0.05, 0) is 62.2 Å². The Morgan fingerprint density at radius 1 is 0.900 bits per heavy atom. The van der Waals surface area contributed by atoms with E-state index in [1.54, 1.807) is 31.2 Å². The molecular formula is C25H26N2O3. The molecule has 0 aromatic heterocycles. The Bertz CT molecular complexity index is 968. The van der Waals surface area contributed by atoms with Gasteiger partial charge in [-0.25, -0.2) is 0 Å². The molecule has 0 bridgehead atoms. The van der Waals surface area contributed by atoms with Gasteiger partial charge in [0.25, 0.3) is 11.8 Å². The summed E-state index contributed by atoms with van der Waals surface area (Å²) in [6, 6.07) is 24.4. The number of carbonyl (C=O) groups is 2. The van der Waals surface area contributed by atoms with Crippen LogP contribution in [-0.2, 0) is 11.2 Å². The Morgan fingerprint density at radius 2 is 1.57 bits per heavy atom. The fourth-order valence-electron chi connectivity index (χ4n) is 2.89. The van der Waals surface area contributed by atoms with Crippen LogP contribution in [0.15, 0.2) is 78.9 Å². The van der Waals surface area contributed by atoms with Crippen LogP contribution in [0.1, 0.15) is 28.4 Å². The third-order valence-corrected chi connectivity index (χ3v) is 4.66. The second-order valence-electron chi connectivity index (χ2n) is 7.13. The van der Waals surface area contributed by atoms with E-state index in [-0.39, 0.29) is 11.8 Å². The molecule has 30 heavy (non-hydrogen) atoms. The molecule has 5 nitrogen and oxygen atoms in total. The number of ether oxygens (including phenoxy) is 1. The number of amides is 2. The zero-order chi connectivity index (χ0) is 21.3. The van der Waals surface area contributed by atoms with Crippen molar-refractivity contribution in [1.29, 1.82) is 0 Å². The van der Waals surface area contributed by atoms with Crippen molar-refractivity contribution in [3.8, 4) is 5.75 Å². The van der Waals surface area contributed by atoms with Gasteiger partial charge in [-0.2, -0.15) is 0 Å². The fourth-order valence-corrected chi connectivity index (χ4v) is 2.89. The van der Waals surface area contributed by atoms with E-state index >= 15 is 0 Å². The van der Waals surface area contributed by atoms with Crippen LogP contribution in [0.3, 0.4) is 0 Å². The second-order valence-corrected chi connectivity index (χ2v) is 7.13. The Kier molecular flexibility index (Phi) is 7.22. The fraction of sp³-hybridized carbons (Fsp3) is 0.200. The normalized spacial score (nSPS) is 11.4. The van der Waals surface area contributed by atoms with Gasteiger partial charge in [0.1, 0.15) is 5.75 Å². The Morgan fingerprint density at radius 3 is 2.23 bits per heavy atom. The van der Waals surface area contributed by atoms with Crippen LogP contribution in [0.25, 0.3) is 0 Å². The molecule has 2 amide bonds. The molecule has 0 radical (unpaired) electrons. The van der Waals surface area contributed by atoms with Crippen molar-refractivity contribution >= 4 is 17.5 Å². The van der Waals surface area contributed by atoms with E-state index in [4.69, 9.17) is 4.74 Å². The van der Waals surface area contributed by atoms with Gasteiger partial charge >= 0.3 is 0 Å². The number of rotatable bonds is 8. The van der Waals surface area contributed by atoms with Crippen LogP contribution >= 0.6 is 0 Å². The van der Waals surface area contributed by atoms with Crippen molar-refractivity contribution in [2.45, 2.75) is 26.4 Å². The summed E-state index contributed by atoms with van der Waals surface area (Å²) in [5, 5.41) is 5.74. The first-order valence-corrected chi connectivity index (χ1v) is 9.97. The second kappa shape index (κ2) is 10.3. The number of carbonyl (C=O) groups excluding carboxylic acids is 2. The van der Waals surface area contributed by atoms with Gasteiger partial charge in [-0.3, -0.25) is 9.59 Å². The number of hydrogen-bond donors (Lipinski definition) is 2. The van der Waals surface area contributed by atoms with Crippen molar-refractivity contribution in [1.82, 2.24) is 5.32 Å². The minimum atomic E-state index is -0.670. The highest BCUT2D eigenvalue weighted by molar-refractivity contribution is 5.95. The van der Waals surface area contributed by atoms with Gasteiger partial charge in [0.2, 0.25) is 0 Å². The maximum Gasteiger partial charge on any atom is 0.265 e. The molecule has 1 atom stereocenters. The van der Waals surface area contributed by atoms with Crippen molar-refractivity contribution in [3.63, 3.8) is 0 Å². The topological polar surface area (TPSA) is 67.4 Å². The quantitative estimate of drug-likeness (QED) is 0.588. The molecule has 0 aliphatic heterocycles. The Labute approximate surface area is 177 Å². The molecule has 3 aromatic rings. The van der Waals surface area contributed by atoms with Crippen molar-refractivity contribution < 1.29 is 14.3 Å². The molecular weight excluding hydrogens is 376 g/mol. The number of anilines is 1. The maximum atomic E-state index is 12.3. The first-order valence-electron chi connectivity index (χ1n) is 9.97. The van der Waals surface area contributed by atoms with E-state index in [1.807, 2.05) is 61.5 Å². The molecule has 0 fully saturated rings. The summed E-state index contributed by atoms with van der Waals surface area (Å²) in [7, 11) is 0. The minimum absolute atomic E-state index is 0.136. The molecule has 0 heterocycles. The highest BCUT2D eigenvalue weighted by Crippen LogP contribution is 2.15. The predicted molar refractivity (Wildman–Crippen MR) is 119 cm³/mol. The first kappa shape index (κ1) is 21.1. The van der Waals surface area contributed by atoms with E-state index in [2.05, 4.69) is 10.6 Å². The number of hydrogen-bond acceptors (Lipinski definition) is 3. The SMILES string of the molecule is Cc1ccc(NC(=O)[C@@H](C)Oc2ccc(C(=O)NCCc3ccccc3)cc2)cc1. The summed E-state index contributed by atoms with van der Waals surface area (Å²) >= 11 is 0. The van der Waals surface area contributed by atoms with Crippen LogP contribution < -0.4 is 15.4 Å². The third-order valence-electron chi connectivity index (χ3n) is 4.66. The molecule has 3 aromatic carbocycles. The average molecular weight is 402 g/mol. The molecule has 0 aliphatic rings. The monoisotopic (exact) mass is 402 g/mol. The summed E-state index contributed by atoms with van der Waals surface area (Å²) < 4.78 is 5.70. The molecule has 5 heteroatoms. The van der Waals surface area contributed by atoms with E-state index < -0.39 is 6.10 Å². The molecule has 0 spiro atoms. The average Bonchev–Trinajstić information content (AvgIpc) is 2.76. The molecule has 0 aliphatic carbocycles. The predicted octanol–water partition coefficient (Wildman–Crippen LogP) is 4.37. The first-order chi connectivity index (χ1) is 14.5. The smallest absolute Gasteiger partial charge is 0.265 e. The molecule has 3 rings (SSSR count). The third kappa shape index (κ3) is 6.21. The largest absolute Gasteiger partial charge is 0.481 e. The Hall–Kier alpha value is -3.60. The van der Waals surface area contributed by atoms with Gasteiger partial charge in [-0.15, -0.1) is 0 Å².